The number of nitrogens with one attached hydrogen (secondary N) is 1. The average Bonchev–Trinajstić information content (AvgIpc) is 3.19. The summed E-state index contributed by atoms with van der Waals surface area (Å²) in [5.74, 6) is 2.26. The fourth-order valence-corrected chi connectivity index (χ4v) is 2.15. The molecule has 106 valence electrons. The van der Waals surface area contributed by atoms with Gasteiger partial charge in [0.15, 0.2) is 5.82 Å². The molecule has 0 radical (unpaired) electrons. The van der Waals surface area contributed by atoms with Crippen molar-refractivity contribution in [2.24, 2.45) is 0 Å². The Hall–Kier alpha value is -1.88. The molecule has 0 amide bonds. The quantitative estimate of drug-likeness (QED) is 0.835. The molecule has 0 atom stereocenters. The molecule has 0 aliphatic heterocycles. The van der Waals surface area contributed by atoms with Crippen molar-refractivity contribution in [3.8, 4) is 5.75 Å². The highest BCUT2D eigenvalue weighted by Crippen LogP contribution is 2.20. The number of rotatable bonds is 7. The zero-order valence-electron chi connectivity index (χ0n) is 11.6. The number of ether oxygens (including phenoxy) is 1. The molecule has 5 nitrogen and oxygen atoms in total. The van der Waals surface area contributed by atoms with Crippen LogP contribution in [0.5, 0.6) is 5.75 Å². The summed E-state index contributed by atoms with van der Waals surface area (Å²) >= 11 is 0. The number of hydrogen-bond donors (Lipinski definition) is 1. The van der Waals surface area contributed by atoms with Gasteiger partial charge in [0.2, 0.25) is 5.89 Å². The Kier molecular flexibility index (Phi) is 3.97. The summed E-state index contributed by atoms with van der Waals surface area (Å²) < 4.78 is 10.6. The van der Waals surface area contributed by atoms with Crippen LogP contribution < -0.4 is 10.1 Å². The summed E-state index contributed by atoms with van der Waals surface area (Å²) in [6.45, 7) is 0.904. The molecule has 5 heteroatoms. The molecule has 0 spiro atoms. The lowest BCUT2D eigenvalue weighted by Gasteiger charge is -2.05. The van der Waals surface area contributed by atoms with E-state index in [2.05, 4.69) is 15.5 Å². The summed E-state index contributed by atoms with van der Waals surface area (Å²) in [6, 6.07) is 8.61. The van der Waals surface area contributed by atoms with Gasteiger partial charge in [0.05, 0.1) is 7.11 Å². The van der Waals surface area contributed by atoms with E-state index in [1.165, 1.54) is 12.8 Å². The van der Waals surface area contributed by atoms with Gasteiger partial charge in [-0.05, 0) is 18.9 Å². The van der Waals surface area contributed by atoms with E-state index in [4.69, 9.17) is 9.26 Å². The molecule has 1 aromatic heterocycles. The van der Waals surface area contributed by atoms with Crippen LogP contribution in [0.15, 0.2) is 28.8 Å². The van der Waals surface area contributed by atoms with Gasteiger partial charge in [0.25, 0.3) is 0 Å². The Balaban J connectivity index is 1.58. The highest BCUT2D eigenvalue weighted by molar-refractivity contribution is 5.35. The molecule has 1 saturated carbocycles. The number of hydrogen-bond acceptors (Lipinski definition) is 5. The average molecular weight is 273 g/mol. The van der Waals surface area contributed by atoms with Gasteiger partial charge in [0, 0.05) is 31.0 Å². The van der Waals surface area contributed by atoms with Crippen molar-refractivity contribution in [1.29, 1.82) is 0 Å². The minimum atomic E-state index is 0.629. The van der Waals surface area contributed by atoms with E-state index in [1.807, 2.05) is 24.3 Å². The Bertz CT molecular complexity index is 564. The third-order valence-corrected chi connectivity index (χ3v) is 3.40. The van der Waals surface area contributed by atoms with E-state index >= 15 is 0 Å². The summed E-state index contributed by atoms with van der Waals surface area (Å²) in [4.78, 5) is 4.42. The topological polar surface area (TPSA) is 60.2 Å². The third kappa shape index (κ3) is 3.36. The SMILES string of the molecule is COc1ccccc1Cc1noc(CCNC2CC2)n1. The number of nitrogens with zero attached hydrogens (tertiary/aromatic N) is 2. The van der Waals surface area contributed by atoms with Gasteiger partial charge in [-0.3, -0.25) is 0 Å². The molecule has 0 saturated heterocycles. The van der Waals surface area contributed by atoms with Crippen molar-refractivity contribution in [2.75, 3.05) is 13.7 Å². The number of benzene rings is 1. The molecule has 2 aromatic rings. The summed E-state index contributed by atoms with van der Waals surface area (Å²) in [5, 5.41) is 7.47. The van der Waals surface area contributed by atoms with Crippen LogP contribution in [0, 0.1) is 0 Å². The normalized spacial score (nSPS) is 14.4. The molecular formula is C15H19N3O2. The van der Waals surface area contributed by atoms with E-state index in [0.717, 1.165) is 24.3 Å². The smallest absolute Gasteiger partial charge is 0.227 e. The zero-order valence-corrected chi connectivity index (χ0v) is 11.6. The number of para-hydroxylation sites is 1. The van der Waals surface area contributed by atoms with Gasteiger partial charge in [-0.15, -0.1) is 0 Å². The number of methoxy groups -OCH3 is 1. The van der Waals surface area contributed by atoms with Gasteiger partial charge >= 0.3 is 0 Å². The summed E-state index contributed by atoms with van der Waals surface area (Å²) in [7, 11) is 1.67. The Morgan fingerprint density at radius 3 is 3.00 bits per heavy atom. The lowest BCUT2D eigenvalue weighted by Crippen LogP contribution is -2.19. The van der Waals surface area contributed by atoms with E-state index < -0.39 is 0 Å². The van der Waals surface area contributed by atoms with Crippen molar-refractivity contribution < 1.29 is 9.26 Å². The molecule has 0 unspecified atom stereocenters. The summed E-state index contributed by atoms with van der Waals surface area (Å²) in [6.07, 6.45) is 4.00. The summed E-state index contributed by atoms with van der Waals surface area (Å²) in [5.41, 5.74) is 1.07. The maximum absolute atomic E-state index is 5.33. The van der Waals surface area contributed by atoms with Crippen molar-refractivity contribution in [1.82, 2.24) is 15.5 Å². The fraction of sp³-hybridized carbons (Fsp3) is 0.467. The first-order valence-electron chi connectivity index (χ1n) is 7.02. The van der Waals surface area contributed by atoms with Crippen molar-refractivity contribution in [3.63, 3.8) is 0 Å². The van der Waals surface area contributed by atoms with Crippen LogP contribution in [0.3, 0.4) is 0 Å². The van der Waals surface area contributed by atoms with E-state index in [0.29, 0.717) is 24.2 Å². The van der Waals surface area contributed by atoms with Crippen LogP contribution in [-0.4, -0.2) is 29.8 Å². The zero-order chi connectivity index (χ0) is 13.8. The van der Waals surface area contributed by atoms with Crippen LogP contribution >= 0.6 is 0 Å². The van der Waals surface area contributed by atoms with Crippen molar-refractivity contribution in [3.05, 3.63) is 41.5 Å². The second kappa shape index (κ2) is 6.05. The van der Waals surface area contributed by atoms with Crippen LogP contribution in [-0.2, 0) is 12.8 Å². The standard InChI is InChI=1S/C15H19N3O2/c1-19-13-5-3-2-4-11(13)10-14-17-15(20-18-14)8-9-16-12-6-7-12/h2-5,12,16H,6-10H2,1H3. The molecule has 1 aliphatic rings. The second-order valence-corrected chi connectivity index (χ2v) is 5.07. The first kappa shape index (κ1) is 13.1. The molecule has 20 heavy (non-hydrogen) atoms. The monoisotopic (exact) mass is 273 g/mol. The minimum Gasteiger partial charge on any atom is -0.496 e. The predicted molar refractivity (Wildman–Crippen MR) is 74.8 cm³/mol. The Labute approximate surface area is 118 Å². The predicted octanol–water partition coefficient (Wildman–Crippen LogP) is 1.96. The maximum Gasteiger partial charge on any atom is 0.227 e. The van der Waals surface area contributed by atoms with Crippen molar-refractivity contribution >= 4 is 0 Å². The minimum absolute atomic E-state index is 0.629. The molecular weight excluding hydrogens is 254 g/mol. The third-order valence-electron chi connectivity index (χ3n) is 3.40. The van der Waals surface area contributed by atoms with Gasteiger partial charge in [0.1, 0.15) is 5.75 Å². The molecule has 0 bridgehead atoms. The van der Waals surface area contributed by atoms with Gasteiger partial charge in [-0.1, -0.05) is 23.4 Å². The highest BCUT2D eigenvalue weighted by atomic mass is 16.5. The fourth-order valence-electron chi connectivity index (χ4n) is 2.15. The first-order valence-corrected chi connectivity index (χ1v) is 7.02. The molecule has 3 rings (SSSR count). The second-order valence-electron chi connectivity index (χ2n) is 5.07. The van der Waals surface area contributed by atoms with E-state index in [9.17, 15) is 0 Å². The Morgan fingerprint density at radius 1 is 1.35 bits per heavy atom. The maximum atomic E-state index is 5.33. The van der Waals surface area contributed by atoms with Gasteiger partial charge < -0.3 is 14.6 Å². The van der Waals surface area contributed by atoms with Crippen molar-refractivity contribution in [2.45, 2.75) is 31.7 Å². The molecule has 1 N–H and O–H groups in total. The van der Waals surface area contributed by atoms with Crippen LogP contribution in [0.2, 0.25) is 0 Å². The van der Waals surface area contributed by atoms with Gasteiger partial charge in [-0.25, -0.2) is 0 Å². The lowest BCUT2D eigenvalue weighted by molar-refractivity contribution is 0.371. The van der Waals surface area contributed by atoms with E-state index in [-0.39, 0.29) is 0 Å². The number of aromatic nitrogens is 2. The van der Waals surface area contributed by atoms with Crippen LogP contribution in [0.1, 0.15) is 30.1 Å². The van der Waals surface area contributed by atoms with Gasteiger partial charge in [-0.2, -0.15) is 4.98 Å². The van der Waals surface area contributed by atoms with E-state index in [1.54, 1.807) is 7.11 Å². The molecule has 1 heterocycles. The molecule has 1 fully saturated rings. The first-order chi connectivity index (χ1) is 9.85. The largest absolute Gasteiger partial charge is 0.496 e. The van der Waals surface area contributed by atoms with Crippen LogP contribution in [0.4, 0.5) is 0 Å². The lowest BCUT2D eigenvalue weighted by atomic mass is 10.1. The Morgan fingerprint density at radius 2 is 2.20 bits per heavy atom. The highest BCUT2D eigenvalue weighted by Gasteiger charge is 2.20. The molecule has 1 aliphatic carbocycles. The van der Waals surface area contributed by atoms with Crippen LogP contribution in [0.25, 0.3) is 0 Å². The molecule has 1 aromatic carbocycles.